The zero-order valence-electron chi connectivity index (χ0n) is 14.9. The molecule has 1 N–H and O–H groups in total. The van der Waals surface area contributed by atoms with Crippen LogP contribution in [0.3, 0.4) is 0 Å². The van der Waals surface area contributed by atoms with E-state index in [2.05, 4.69) is 56.0 Å². The summed E-state index contributed by atoms with van der Waals surface area (Å²) >= 11 is 0. The Morgan fingerprint density at radius 2 is 1.29 bits per heavy atom. The second-order valence-electron chi connectivity index (χ2n) is 4.66. The van der Waals surface area contributed by atoms with E-state index in [4.69, 9.17) is 14.0 Å². The summed E-state index contributed by atoms with van der Waals surface area (Å²) in [6, 6.07) is 20.7. The molecule has 0 spiro atoms. The number of hydrogen-bond acceptors (Lipinski definition) is 2. The largest absolute Gasteiger partial charge is 0 e. The molecule has 5 nitrogen and oxygen atoms in total. The maximum Gasteiger partial charge on any atom is 0 e. The Hall–Kier alpha value is -2.19. The summed E-state index contributed by atoms with van der Waals surface area (Å²) < 4.78 is 22.5. The zero-order valence-corrected chi connectivity index (χ0v) is 16.0. The molecule has 0 aliphatic rings. The Morgan fingerprint density at radius 1 is 0.786 bits per heavy atom. The molecule has 0 fully saturated rings. The average Bonchev–Trinajstić information content (AvgIpc) is 2.79. The Balaban J connectivity index is -0.000000815. The molecule has 0 heterocycles. The van der Waals surface area contributed by atoms with Crippen LogP contribution >= 0.6 is 0 Å². The topological polar surface area (TPSA) is 88.8 Å². The first-order valence-corrected chi connectivity index (χ1v) is 7.62. The molecule has 0 aliphatic carbocycles. The Labute approximate surface area is 177 Å². The SMILES string of the molecule is O=C[CH][CH][CH][CH][C@@H](NCc1ccccc1)c1ccccc1.[C-]#[O+].[C-]#[O+].[C-]#[O+].[Fe]. The van der Waals surface area contributed by atoms with Crippen LogP contribution in [-0.4, -0.2) is 6.29 Å². The van der Waals surface area contributed by atoms with Gasteiger partial charge in [0.1, 0.15) is 6.29 Å². The molecule has 0 unspecified atom stereocenters. The minimum Gasteiger partial charge on any atom is 0 e. The van der Waals surface area contributed by atoms with E-state index in [1.54, 1.807) is 6.42 Å². The van der Waals surface area contributed by atoms with Crippen molar-refractivity contribution in [1.82, 2.24) is 5.32 Å². The first kappa shape index (κ1) is 30.5. The van der Waals surface area contributed by atoms with Gasteiger partial charge in [-0.25, -0.2) is 0 Å². The summed E-state index contributed by atoms with van der Waals surface area (Å²) in [7, 11) is 0. The van der Waals surface area contributed by atoms with Crippen molar-refractivity contribution in [2.24, 2.45) is 0 Å². The Morgan fingerprint density at radius 3 is 1.79 bits per heavy atom. The van der Waals surface area contributed by atoms with Gasteiger partial charge in [0.2, 0.25) is 0 Å². The van der Waals surface area contributed by atoms with Gasteiger partial charge in [-0.05, 0) is 30.4 Å². The van der Waals surface area contributed by atoms with Crippen LogP contribution in [0, 0.1) is 45.6 Å². The monoisotopic (exact) mass is 417 g/mol. The fraction of sp³-hybridized carbons (Fsp3) is 0.0909. The molecule has 144 valence electrons. The summed E-state index contributed by atoms with van der Waals surface area (Å²) in [6.07, 6.45) is 7.95. The second-order valence-corrected chi connectivity index (χ2v) is 4.66. The predicted molar refractivity (Wildman–Crippen MR) is 97.5 cm³/mol. The molecule has 4 radical (unpaired) electrons. The fourth-order valence-electron chi connectivity index (χ4n) is 2.07. The van der Waals surface area contributed by atoms with E-state index in [0.29, 0.717) is 0 Å². The van der Waals surface area contributed by atoms with Gasteiger partial charge < -0.3 is 10.1 Å². The Bertz CT molecular complexity index is 628. The molecule has 0 saturated carbocycles. The van der Waals surface area contributed by atoms with Crippen molar-refractivity contribution in [2.45, 2.75) is 12.6 Å². The number of carbonyl (C=O) groups excluding carboxylic acids is 1. The third-order valence-corrected chi connectivity index (χ3v) is 3.13. The van der Waals surface area contributed by atoms with E-state index in [1.165, 1.54) is 17.5 Å². The summed E-state index contributed by atoms with van der Waals surface area (Å²) in [6.45, 7) is 14.3. The minimum atomic E-state index is 0. The van der Waals surface area contributed by atoms with Crippen LogP contribution in [0.25, 0.3) is 0 Å². The molecule has 0 bridgehead atoms. The van der Waals surface area contributed by atoms with Gasteiger partial charge in [0.05, 0.1) is 0 Å². The molecule has 2 aromatic carbocycles. The van der Waals surface area contributed by atoms with Crippen LogP contribution in [0.4, 0.5) is 0 Å². The van der Waals surface area contributed by atoms with Crippen LogP contribution in [0.5, 0.6) is 0 Å². The van der Waals surface area contributed by atoms with E-state index in [1.807, 2.05) is 42.8 Å². The van der Waals surface area contributed by atoms with Gasteiger partial charge >= 0.3 is 33.9 Å². The first-order valence-electron chi connectivity index (χ1n) is 7.62. The van der Waals surface area contributed by atoms with Crippen LogP contribution in [0.15, 0.2) is 60.7 Å². The Kier molecular flexibility index (Phi) is 27.1. The number of nitrogens with one attached hydrogen (secondary N) is 1. The molecule has 28 heavy (non-hydrogen) atoms. The van der Waals surface area contributed by atoms with Gasteiger partial charge in [-0.15, -0.1) is 0 Å². The molecule has 2 aromatic rings. The van der Waals surface area contributed by atoms with E-state index in [0.717, 1.165) is 12.8 Å². The van der Waals surface area contributed by atoms with Gasteiger partial charge in [0.15, 0.2) is 0 Å². The van der Waals surface area contributed by atoms with Crippen LogP contribution in [-0.2, 0) is 42.4 Å². The first-order chi connectivity index (χ1) is 13.4. The summed E-state index contributed by atoms with van der Waals surface area (Å²) in [5, 5.41) is 3.52. The quantitative estimate of drug-likeness (QED) is 0.223. The average molecular weight is 417 g/mol. The smallest absolute Gasteiger partial charge is 0 e. The molecule has 0 amide bonds. The maximum atomic E-state index is 10.3. The van der Waals surface area contributed by atoms with Gasteiger partial charge in [0, 0.05) is 36.1 Å². The number of carbonyl (C=O) groups is 1. The number of hydrogen-bond donors (Lipinski definition) is 1. The van der Waals surface area contributed by atoms with E-state index in [9.17, 15) is 4.79 Å². The standard InChI is InChI=1S/C19H19NO.3CO.Fe/c21-15-9-3-8-14-19(18-12-6-2-7-13-18)20-16-17-10-4-1-5-11-17;3*1-2;/h1-15,19-20H,16H2;;;;/t19-;;;;/m1..../s1. The minimum absolute atomic E-state index is 0. The van der Waals surface area contributed by atoms with Crippen molar-refractivity contribution < 1.29 is 35.8 Å². The van der Waals surface area contributed by atoms with E-state index in [-0.39, 0.29) is 23.1 Å². The van der Waals surface area contributed by atoms with Crippen LogP contribution < -0.4 is 5.32 Å². The van der Waals surface area contributed by atoms with Gasteiger partial charge in [-0.2, -0.15) is 0 Å². The van der Waals surface area contributed by atoms with Crippen molar-refractivity contribution >= 4 is 6.29 Å². The van der Waals surface area contributed by atoms with Crippen LogP contribution in [0.1, 0.15) is 17.2 Å². The number of rotatable bonds is 9. The molecule has 2 rings (SSSR count). The maximum absolute atomic E-state index is 10.3. The number of benzene rings is 2. The van der Waals surface area contributed by atoms with Crippen LogP contribution in [0.2, 0.25) is 0 Å². The zero-order chi connectivity index (χ0) is 20.8. The van der Waals surface area contributed by atoms with Crippen molar-refractivity contribution in [3.8, 4) is 0 Å². The van der Waals surface area contributed by atoms with Crippen molar-refractivity contribution in [2.75, 3.05) is 0 Å². The van der Waals surface area contributed by atoms with Gasteiger partial charge in [0.25, 0.3) is 0 Å². The molecular formula is C22H19FeNO4. The summed E-state index contributed by atoms with van der Waals surface area (Å²) in [4.78, 5) is 10.3. The molecule has 0 aromatic heterocycles. The van der Waals surface area contributed by atoms with Gasteiger partial charge in [-0.3, -0.25) is 0 Å². The van der Waals surface area contributed by atoms with Crippen molar-refractivity contribution in [3.05, 3.63) is 117 Å². The second kappa shape index (κ2) is 24.8. The van der Waals surface area contributed by atoms with Crippen molar-refractivity contribution in [1.29, 1.82) is 0 Å². The molecule has 6 heteroatoms. The van der Waals surface area contributed by atoms with E-state index < -0.39 is 0 Å². The summed E-state index contributed by atoms with van der Waals surface area (Å²) in [5.74, 6) is 0. The third kappa shape index (κ3) is 14.9. The third-order valence-electron chi connectivity index (χ3n) is 3.13. The predicted octanol–water partition coefficient (Wildman–Crippen LogP) is 3.42. The molecule has 1 atom stereocenters. The number of aldehydes is 1. The van der Waals surface area contributed by atoms with Gasteiger partial charge in [-0.1, -0.05) is 60.7 Å². The van der Waals surface area contributed by atoms with Crippen molar-refractivity contribution in [3.63, 3.8) is 0 Å². The molecule has 0 aliphatic heterocycles. The normalized spacial score (nSPS) is 9.21. The summed E-state index contributed by atoms with van der Waals surface area (Å²) in [5.41, 5.74) is 2.44. The fourth-order valence-corrected chi connectivity index (χ4v) is 2.07. The van der Waals surface area contributed by atoms with E-state index >= 15 is 0 Å². The molecule has 0 saturated heterocycles. The number of unbranched alkanes of at least 4 members (excludes halogenated alkanes) is 2. The molecular weight excluding hydrogens is 398 g/mol.